The predicted octanol–water partition coefficient (Wildman–Crippen LogP) is 1.09. The molecule has 2 aliphatic carbocycles. The number of ketones is 2. The van der Waals surface area contributed by atoms with E-state index in [9.17, 15) is 14.7 Å². The van der Waals surface area contributed by atoms with E-state index in [-0.39, 0.29) is 17.5 Å². The summed E-state index contributed by atoms with van der Waals surface area (Å²) in [5, 5.41) is 10.0. The molecule has 0 spiro atoms. The summed E-state index contributed by atoms with van der Waals surface area (Å²) in [5.41, 5.74) is -1.68. The van der Waals surface area contributed by atoms with Crippen molar-refractivity contribution in [1.82, 2.24) is 0 Å². The minimum Gasteiger partial charge on any atom is -0.389 e. The van der Waals surface area contributed by atoms with Crippen molar-refractivity contribution >= 4 is 11.6 Å². The Bertz CT molecular complexity index is 306. The second kappa shape index (κ2) is 2.66. The van der Waals surface area contributed by atoms with Crippen molar-refractivity contribution < 1.29 is 14.7 Å². The first-order valence-corrected chi connectivity index (χ1v) is 5.18. The SMILES string of the molecule is C[C@@]12CC[C@](C)(O)[C@@H](CCC1=O)C2=O. The molecule has 0 aromatic heterocycles. The van der Waals surface area contributed by atoms with Crippen LogP contribution < -0.4 is 0 Å². The molecule has 0 aliphatic heterocycles. The first-order valence-electron chi connectivity index (χ1n) is 5.18. The maximum absolute atomic E-state index is 12.0. The molecular weight excluding hydrogens is 180 g/mol. The monoisotopic (exact) mass is 196 g/mol. The highest BCUT2D eigenvalue weighted by Gasteiger charge is 2.56. The Labute approximate surface area is 83.5 Å². The smallest absolute Gasteiger partial charge is 0.152 e. The van der Waals surface area contributed by atoms with Gasteiger partial charge in [-0.3, -0.25) is 9.59 Å². The van der Waals surface area contributed by atoms with Gasteiger partial charge >= 0.3 is 0 Å². The van der Waals surface area contributed by atoms with E-state index in [0.29, 0.717) is 25.7 Å². The molecule has 0 radical (unpaired) electrons. The van der Waals surface area contributed by atoms with Gasteiger partial charge in [-0.25, -0.2) is 0 Å². The van der Waals surface area contributed by atoms with Crippen molar-refractivity contribution in [2.24, 2.45) is 11.3 Å². The number of hydrogen-bond acceptors (Lipinski definition) is 3. The van der Waals surface area contributed by atoms with Crippen LogP contribution in [-0.4, -0.2) is 22.3 Å². The quantitative estimate of drug-likeness (QED) is 0.590. The van der Waals surface area contributed by atoms with Crippen LogP contribution in [0.4, 0.5) is 0 Å². The lowest BCUT2D eigenvalue weighted by molar-refractivity contribution is -0.163. The zero-order chi connectivity index (χ0) is 10.6. The molecule has 1 N–H and O–H groups in total. The van der Waals surface area contributed by atoms with E-state index >= 15 is 0 Å². The molecule has 0 aromatic rings. The minimum absolute atomic E-state index is 0.0370. The molecular formula is C11H16O3. The van der Waals surface area contributed by atoms with Gasteiger partial charge in [0.2, 0.25) is 0 Å². The van der Waals surface area contributed by atoms with E-state index in [1.54, 1.807) is 13.8 Å². The summed E-state index contributed by atoms with van der Waals surface area (Å²) < 4.78 is 0. The average Bonchev–Trinajstić information content (AvgIpc) is 2.10. The van der Waals surface area contributed by atoms with Gasteiger partial charge in [0.05, 0.1) is 11.0 Å². The Hall–Kier alpha value is -0.700. The Kier molecular flexibility index (Phi) is 1.87. The second-order valence-corrected chi connectivity index (χ2v) is 5.07. The largest absolute Gasteiger partial charge is 0.389 e. The van der Waals surface area contributed by atoms with E-state index in [1.807, 2.05) is 0 Å². The molecule has 0 unspecified atom stereocenters. The molecule has 2 rings (SSSR count). The molecule has 2 saturated carbocycles. The third-order valence-corrected chi connectivity index (χ3v) is 4.02. The average molecular weight is 196 g/mol. The molecule has 2 bridgehead atoms. The Balaban J connectivity index is 2.39. The fourth-order valence-corrected chi connectivity index (χ4v) is 2.74. The fourth-order valence-electron chi connectivity index (χ4n) is 2.74. The van der Waals surface area contributed by atoms with Crippen LogP contribution in [0.2, 0.25) is 0 Å². The first kappa shape index (κ1) is 9.84. The van der Waals surface area contributed by atoms with Crippen LogP contribution in [0.1, 0.15) is 39.5 Å². The van der Waals surface area contributed by atoms with Crippen molar-refractivity contribution in [3.05, 3.63) is 0 Å². The number of carbonyl (C=O) groups is 2. The maximum atomic E-state index is 12.0. The predicted molar refractivity (Wildman–Crippen MR) is 50.7 cm³/mol. The summed E-state index contributed by atoms with van der Waals surface area (Å²) in [4.78, 5) is 23.6. The van der Waals surface area contributed by atoms with Crippen LogP contribution in [0.5, 0.6) is 0 Å². The van der Waals surface area contributed by atoms with Crippen molar-refractivity contribution in [2.75, 3.05) is 0 Å². The molecule has 0 amide bonds. The number of fused-ring (bicyclic) bond motifs is 2. The van der Waals surface area contributed by atoms with Crippen LogP contribution in [0.15, 0.2) is 0 Å². The zero-order valence-electron chi connectivity index (χ0n) is 8.67. The number of aliphatic hydroxyl groups is 1. The van der Waals surface area contributed by atoms with Gasteiger partial charge in [-0.05, 0) is 33.1 Å². The summed E-state index contributed by atoms with van der Waals surface area (Å²) in [6, 6.07) is 0. The van der Waals surface area contributed by atoms with Gasteiger partial charge in [-0.15, -0.1) is 0 Å². The van der Waals surface area contributed by atoms with Crippen molar-refractivity contribution in [2.45, 2.75) is 45.1 Å². The van der Waals surface area contributed by atoms with Gasteiger partial charge in [0.15, 0.2) is 5.78 Å². The van der Waals surface area contributed by atoms with Crippen LogP contribution in [0.25, 0.3) is 0 Å². The van der Waals surface area contributed by atoms with Crippen LogP contribution in [0.3, 0.4) is 0 Å². The molecule has 78 valence electrons. The van der Waals surface area contributed by atoms with Gasteiger partial charge in [-0.1, -0.05) is 0 Å². The Morgan fingerprint density at radius 2 is 1.93 bits per heavy atom. The van der Waals surface area contributed by atoms with E-state index in [1.165, 1.54) is 0 Å². The van der Waals surface area contributed by atoms with Crippen molar-refractivity contribution in [3.8, 4) is 0 Å². The molecule has 2 aliphatic rings. The summed E-state index contributed by atoms with van der Waals surface area (Å²) >= 11 is 0. The van der Waals surface area contributed by atoms with Crippen LogP contribution in [-0.2, 0) is 9.59 Å². The number of rotatable bonds is 0. The molecule has 3 atom stereocenters. The maximum Gasteiger partial charge on any atom is 0.152 e. The minimum atomic E-state index is -0.892. The molecule has 14 heavy (non-hydrogen) atoms. The molecule has 0 heterocycles. The van der Waals surface area contributed by atoms with Gasteiger partial charge in [-0.2, -0.15) is 0 Å². The zero-order valence-corrected chi connectivity index (χ0v) is 8.67. The lowest BCUT2D eigenvalue weighted by atomic mass is 9.56. The molecule has 2 fully saturated rings. The molecule has 0 saturated heterocycles. The Morgan fingerprint density at radius 1 is 1.29 bits per heavy atom. The van der Waals surface area contributed by atoms with Crippen LogP contribution in [0, 0.1) is 11.3 Å². The normalized spacial score (nSPS) is 48.1. The van der Waals surface area contributed by atoms with E-state index in [4.69, 9.17) is 0 Å². The van der Waals surface area contributed by atoms with Gasteiger partial charge in [0.1, 0.15) is 5.78 Å². The highest BCUT2D eigenvalue weighted by Crippen LogP contribution is 2.47. The second-order valence-electron chi connectivity index (χ2n) is 5.07. The van der Waals surface area contributed by atoms with E-state index < -0.39 is 11.0 Å². The number of carbonyl (C=O) groups excluding carboxylic acids is 2. The topological polar surface area (TPSA) is 54.4 Å². The van der Waals surface area contributed by atoms with Gasteiger partial charge in [0.25, 0.3) is 0 Å². The van der Waals surface area contributed by atoms with Crippen molar-refractivity contribution in [3.63, 3.8) is 0 Å². The Morgan fingerprint density at radius 3 is 2.57 bits per heavy atom. The molecule has 3 nitrogen and oxygen atoms in total. The van der Waals surface area contributed by atoms with Gasteiger partial charge < -0.3 is 5.11 Å². The number of Topliss-reactive ketones (excluding diaryl/α,β-unsaturated/α-hetero) is 2. The molecule has 0 aromatic carbocycles. The first-order chi connectivity index (χ1) is 6.38. The third-order valence-electron chi connectivity index (χ3n) is 4.02. The highest BCUT2D eigenvalue weighted by atomic mass is 16.3. The lowest BCUT2D eigenvalue weighted by Crippen LogP contribution is -2.57. The fraction of sp³-hybridized carbons (Fsp3) is 0.818. The summed E-state index contributed by atoms with van der Waals surface area (Å²) in [7, 11) is 0. The summed E-state index contributed by atoms with van der Waals surface area (Å²) in [6.45, 7) is 3.45. The van der Waals surface area contributed by atoms with E-state index in [2.05, 4.69) is 0 Å². The highest BCUT2D eigenvalue weighted by molar-refractivity contribution is 6.10. The lowest BCUT2D eigenvalue weighted by Gasteiger charge is -2.47. The third kappa shape index (κ3) is 1.08. The van der Waals surface area contributed by atoms with Gasteiger partial charge in [0, 0.05) is 12.3 Å². The summed E-state index contributed by atoms with van der Waals surface area (Å²) in [6.07, 6.45) is 2.04. The molecule has 3 heteroatoms. The standard InChI is InChI=1S/C11H16O3/c1-10-5-6-11(2,14)7(9(10)13)3-4-8(10)12/h7,14H,3-6H2,1-2H3/t7-,10+,11-/m0/s1. The van der Waals surface area contributed by atoms with Crippen LogP contribution >= 0.6 is 0 Å². The summed E-state index contributed by atoms with van der Waals surface area (Å²) in [5.74, 6) is -0.293. The van der Waals surface area contributed by atoms with E-state index in [0.717, 1.165) is 0 Å². The number of hydrogen-bond donors (Lipinski definition) is 1. The van der Waals surface area contributed by atoms with Crippen molar-refractivity contribution in [1.29, 1.82) is 0 Å².